The van der Waals surface area contributed by atoms with Crippen LogP contribution in [0.2, 0.25) is 0 Å². The Bertz CT molecular complexity index is 1080. The van der Waals surface area contributed by atoms with Crippen molar-refractivity contribution in [2.75, 3.05) is 5.32 Å². The third kappa shape index (κ3) is 3.33. The van der Waals surface area contributed by atoms with Gasteiger partial charge in [-0.1, -0.05) is 17.7 Å². The van der Waals surface area contributed by atoms with Gasteiger partial charge < -0.3 is 9.73 Å². The van der Waals surface area contributed by atoms with E-state index in [1.165, 1.54) is 17.6 Å². The molecule has 5 nitrogen and oxygen atoms in total. The highest BCUT2D eigenvalue weighted by Crippen LogP contribution is 2.43. The number of benzene rings is 1. The smallest absolute Gasteiger partial charge is 0.291 e. The molecule has 0 fully saturated rings. The van der Waals surface area contributed by atoms with Crippen LogP contribution >= 0.6 is 11.3 Å². The fraction of sp³-hybridized carbons (Fsp3) is 0.250. The topological polar surface area (TPSA) is 76.4 Å². The zero-order chi connectivity index (χ0) is 19.0. The Morgan fingerprint density at radius 1 is 1.11 bits per heavy atom. The molecule has 0 saturated carbocycles. The van der Waals surface area contributed by atoms with E-state index in [0.29, 0.717) is 11.4 Å². The number of thiophene rings is 1. The van der Waals surface area contributed by atoms with Crippen LogP contribution in [-0.4, -0.2) is 14.3 Å². The average Bonchev–Trinajstić information content (AvgIpc) is 3.30. The van der Waals surface area contributed by atoms with Crippen molar-refractivity contribution < 1.29 is 17.6 Å². The molecule has 0 spiro atoms. The summed E-state index contributed by atoms with van der Waals surface area (Å²) in [4.78, 5) is 14.0. The molecule has 140 valence electrons. The lowest BCUT2D eigenvalue weighted by Crippen LogP contribution is -2.14. The number of anilines is 1. The normalized spacial score (nSPS) is 14.0. The number of aryl methyl sites for hydroxylation is 2. The highest BCUT2D eigenvalue weighted by molar-refractivity contribution is 7.92. The molecule has 1 N–H and O–H groups in total. The number of carbonyl (C=O) groups is 1. The molecule has 2 heterocycles. The number of hydrogen-bond donors (Lipinski definition) is 1. The quantitative estimate of drug-likeness (QED) is 0.692. The Balaban J connectivity index is 1.82. The summed E-state index contributed by atoms with van der Waals surface area (Å²) in [6.07, 6.45) is 4.95. The predicted octanol–water partition coefficient (Wildman–Crippen LogP) is 4.61. The summed E-state index contributed by atoms with van der Waals surface area (Å²) in [5, 5.41) is 3.14. The second kappa shape index (κ2) is 6.98. The average molecular weight is 402 g/mol. The summed E-state index contributed by atoms with van der Waals surface area (Å²) in [6.45, 7) is 1.91. The first kappa shape index (κ1) is 18.0. The van der Waals surface area contributed by atoms with E-state index in [0.717, 1.165) is 35.3 Å². The lowest BCUT2D eigenvalue weighted by Gasteiger charge is -2.13. The third-order valence-corrected chi connectivity index (χ3v) is 7.91. The monoisotopic (exact) mass is 401 g/mol. The summed E-state index contributed by atoms with van der Waals surface area (Å²) in [5.74, 6) is -0.293. The maximum atomic E-state index is 13.4. The fourth-order valence-corrected chi connectivity index (χ4v) is 6.58. The highest BCUT2D eigenvalue weighted by Gasteiger charge is 2.32. The van der Waals surface area contributed by atoms with Gasteiger partial charge in [0.05, 0.1) is 11.2 Å². The number of nitrogens with one attached hydrogen (secondary N) is 1. The van der Waals surface area contributed by atoms with Crippen molar-refractivity contribution in [2.45, 2.75) is 42.4 Å². The lowest BCUT2D eigenvalue weighted by atomic mass is 9.99. The van der Waals surface area contributed by atoms with Crippen molar-refractivity contribution in [2.24, 2.45) is 0 Å². The molecular formula is C20H19NO4S2. The minimum atomic E-state index is -3.73. The molecule has 1 amide bonds. The minimum Gasteiger partial charge on any atom is -0.459 e. The molecule has 4 rings (SSSR count). The van der Waals surface area contributed by atoms with E-state index < -0.39 is 15.7 Å². The standard InChI is InChI=1S/C20H19NO4S2/c1-13-8-10-14(11-9-13)27(23,24)18-15-5-2-3-7-17(15)26-20(18)21-19(22)16-6-4-12-25-16/h4,6,8-12H,2-3,5,7H2,1H3,(H,21,22). The van der Waals surface area contributed by atoms with Crippen LogP contribution in [0.25, 0.3) is 0 Å². The van der Waals surface area contributed by atoms with Crippen molar-refractivity contribution in [1.29, 1.82) is 0 Å². The Labute approximate surface area is 162 Å². The Morgan fingerprint density at radius 2 is 1.85 bits per heavy atom. The van der Waals surface area contributed by atoms with Crippen molar-refractivity contribution in [1.82, 2.24) is 0 Å². The maximum absolute atomic E-state index is 13.4. The van der Waals surface area contributed by atoms with E-state index in [9.17, 15) is 13.2 Å². The van der Waals surface area contributed by atoms with Gasteiger partial charge in [0.15, 0.2) is 5.76 Å². The van der Waals surface area contributed by atoms with Gasteiger partial charge >= 0.3 is 0 Å². The largest absolute Gasteiger partial charge is 0.459 e. The van der Waals surface area contributed by atoms with E-state index in [-0.39, 0.29) is 15.6 Å². The molecule has 1 aliphatic rings. The molecule has 0 aliphatic heterocycles. The molecule has 1 aliphatic carbocycles. The van der Waals surface area contributed by atoms with Crippen LogP contribution in [0, 0.1) is 6.92 Å². The summed E-state index contributed by atoms with van der Waals surface area (Å²) < 4.78 is 31.9. The highest BCUT2D eigenvalue weighted by atomic mass is 32.2. The predicted molar refractivity (Wildman–Crippen MR) is 104 cm³/mol. The minimum absolute atomic E-state index is 0.153. The summed E-state index contributed by atoms with van der Waals surface area (Å²) in [7, 11) is -3.73. The molecule has 0 bridgehead atoms. The number of carbonyl (C=O) groups excluding carboxylic acids is 1. The summed E-state index contributed by atoms with van der Waals surface area (Å²) >= 11 is 1.36. The van der Waals surface area contributed by atoms with Gasteiger partial charge in [-0.05, 0) is 62.4 Å². The zero-order valence-electron chi connectivity index (χ0n) is 14.8. The molecule has 0 saturated heterocycles. The van der Waals surface area contributed by atoms with Crippen molar-refractivity contribution >= 4 is 32.1 Å². The SMILES string of the molecule is Cc1ccc(S(=O)(=O)c2c(NC(=O)c3ccco3)sc3c2CCCC3)cc1. The van der Waals surface area contributed by atoms with Crippen LogP contribution in [0.1, 0.15) is 39.4 Å². The van der Waals surface area contributed by atoms with Crippen molar-refractivity contribution in [3.8, 4) is 0 Å². The van der Waals surface area contributed by atoms with Gasteiger partial charge in [-0.3, -0.25) is 4.79 Å². The van der Waals surface area contributed by atoms with Crippen LogP contribution in [0.4, 0.5) is 5.00 Å². The van der Waals surface area contributed by atoms with Crippen LogP contribution in [0.5, 0.6) is 0 Å². The molecule has 0 radical (unpaired) electrons. The maximum Gasteiger partial charge on any atom is 0.291 e. The Morgan fingerprint density at radius 3 is 2.56 bits per heavy atom. The first-order valence-corrected chi connectivity index (χ1v) is 11.1. The van der Waals surface area contributed by atoms with Crippen molar-refractivity contribution in [3.63, 3.8) is 0 Å². The van der Waals surface area contributed by atoms with Crippen LogP contribution in [0.3, 0.4) is 0 Å². The summed E-state index contributed by atoms with van der Waals surface area (Å²) in [5.41, 5.74) is 1.84. The van der Waals surface area contributed by atoms with E-state index in [4.69, 9.17) is 4.42 Å². The number of rotatable bonds is 4. The number of furan rings is 1. The molecule has 1 aromatic carbocycles. The lowest BCUT2D eigenvalue weighted by molar-refractivity contribution is 0.0997. The van der Waals surface area contributed by atoms with Gasteiger partial charge in [0.1, 0.15) is 9.90 Å². The molecule has 0 atom stereocenters. The molecule has 27 heavy (non-hydrogen) atoms. The van der Waals surface area contributed by atoms with Crippen LogP contribution < -0.4 is 5.32 Å². The number of fused-ring (bicyclic) bond motifs is 1. The van der Waals surface area contributed by atoms with Crippen LogP contribution in [0.15, 0.2) is 56.9 Å². The van der Waals surface area contributed by atoms with E-state index in [2.05, 4.69) is 5.32 Å². The third-order valence-electron chi connectivity index (χ3n) is 4.69. The molecule has 0 unspecified atom stereocenters. The fourth-order valence-electron chi connectivity index (χ4n) is 3.31. The van der Waals surface area contributed by atoms with Gasteiger partial charge in [0.25, 0.3) is 5.91 Å². The van der Waals surface area contributed by atoms with Gasteiger partial charge in [-0.2, -0.15) is 0 Å². The van der Waals surface area contributed by atoms with Gasteiger partial charge in [0.2, 0.25) is 9.84 Å². The molecule has 2 aromatic heterocycles. The Hall–Kier alpha value is -2.38. The second-order valence-electron chi connectivity index (χ2n) is 6.62. The van der Waals surface area contributed by atoms with Crippen LogP contribution in [-0.2, 0) is 22.7 Å². The molecule has 3 aromatic rings. The first-order valence-electron chi connectivity index (χ1n) is 8.78. The van der Waals surface area contributed by atoms with Crippen molar-refractivity contribution in [3.05, 3.63) is 64.4 Å². The molecular weight excluding hydrogens is 382 g/mol. The van der Waals surface area contributed by atoms with E-state index in [1.54, 1.807) is 36.4 Å². The zero-order valence-corrected chi connectivity index (χ0v) is 16.5. The van der Waals surface area contributed by atoms with Gasteiger partial charge in [-0.15, -0.1) is 11.3 Å². The number of amides is 1. The number of sulfone groups is 1. The number of hydrogen-bond acceptors (Lipinski definition) is 5. The van der Waals surface area contributed by atoms with E-state index >= 15 is 0 Å². The van der Waals surface area contributed by atoms with E-state index in [1.807, 2.05) is 6.92 Å². The Kier molecular flexibility index (Phi) is 4.65. The van der Waals surface area contributed by atoms with Gasteiger partial charge in [-0.25, -0.2) is 8.42 Å². The second-order valence-corrected chi connectivity index (χ2v) is 9.61. The van der Waals surface area contributed by atoms with Gasteiger partial charge in [0, 0.05) is 4.88 Å². The first-order chi connectivity index (χ1) is 13.0. The molecule has 7 heteroatoms. The summed E-state index contributed by atoms with van der Waals surface area (Å²) in [6, 6.07) is 9.99.